The van der Waals surface area contributed by atoms with E-state index in [1.807, 2.05) is 0 Å². The van der Waals surface area contributed by atoms with Crippen molar-refractivity contribution in [1.29, 1.82) is 0 Å². The Morgan fingerprint density at radius 1 is 1.33 bits per heavy atom. The van der Waals surface area contributed by atoms with Crippen molar-refractivity contribution < 1.29 is 0 Å². The minimum absolute atomic E-state index is 0.266. The predicted octanol–water partition coefficient (Wildman–Crippen LogP) is -0.112. The van der Waals surface area contributed by atoms with Crippen LogP contribution < -0.4 is 17.0 Å². The quantitative estimate of drug-likeness (QED) is 0.769. The third-order valence-corrected chi connectivity index (χ3v) is 3.73. The van der Waals surface area contributed by atoms with E-state index in [0.717, 1.165) is 31.8 Å². The van der Waals surface area contributed by atoms with Gasteiger partial charge in [-0.3, -0.25) is 19.2 Å². The van der Waals surface area contributed by atoms with Crippen molar-refractivity contribution in [2.45, 2.75) is 26.3 Å². The molecule has 0 aromatic carbocycles. The second kappa shape index (κ2) is 4.97. The Bertz CT molecular complexity index is 538. The molecule has 0 bridgehead atoms. The summed E-state index contributed by atoms with van der Waals surface area (Å²) >= 11 is 0. The second-order valence-electron chi connectivity index (χ2n) is 5.14. The molecular formula is C12H20N4O2. The summed E-state index contributed by atoms with van der Waals surface area (Å²) in [6, 6.07) is 0. The van der Waals surface area contributed by atoms with Crippen LogP contribution in [0.25, 0.3) is 0 Å². The van der Waals surface area contributed by atoms with Gasteiger partial charge in [0.2, 0.25) is 0 Å². The lowest BCUT2D eigenvalue weighted by Crippen LogP contribution is -2.38. The van der Waals surface area contributed by atoms with Crippen molar-refractivity contribution in [2.75, 3.05) is 18.8 Å². The molecule has 18 heavy (non-hydrogen) atoms. The van der Waals surface area contributed by atoms with Crippen LogP contribution in [0.2, 0.25) is 0 Å². The molecule has 1 aromatic heterocycles. The summed E-state index contributed by atoms with van der Waals surface area (Å²) in [5, 5.41) is 0. The monoisotopic (exact) mass is 252 g/mol. The first kappa shape index (κ1) is 12.9. The van der Waals surface area contributed by atoms with E-state index in [-0.39, 0.29) is 11.4 Å². The van der Waals surface area contributed by atoms with E-state index in [2.05, 4.69) is 16.8 Å². The minimum atomic E-state index is -0.464. The Labute approximate surface area is 105 Å². The number of H-pyrrole nitrogens is 1. The summed E-state index contributed by atoms with van der Waals surface area (Å²) < 4.78 is 1.28. The number of nitrogens with zero attached hydrogens (tertiary/aromatic N) is 2. The number of hydrogen-bond donors (Lipinski definition) is 2. The number of aromatic nitrogens is 2. The van der Waals surface area contributed by atoms with E-state index in [1.165, 1.54) is 4.57 Å². The molecule has 1 fully saturated rings. The Hall–Kier alpha value is -1.56. The van der Waals surface area contributed by atoms with Crippen LogP contribution in [0.15, 0.2) is 9.59 Å². The highest BCUT2D eigenvalue weighted by Crippen LogP contribution is 2.18. The van der Waals surface area contributed by atoms with Crippen LogP contribution in [0.4, 0.5) is 5.82 Å². The second-order valence-corrected chi connectivity index (χ2v) is 5.14. The molecule has 0 atom stereocenters. The van der Waals surface area contributed by atoms with Crippen LogP contribution in [-0.4, -0.2) is 27.5 Å². The fraction of sp³-hybridized carbons (Fsp3) is 0.667. The highest BCUT2D eigenvalue weighted by atomic mass is 16.2. The number of nitrogens with two attached hydrogens (primary N) is 1. The van der Waals surface area contributed by atoms with Gasteiger partial charge in [0, 0.05) is 13.6 Å². The van der Waals surface area contributed by atoms with Crippen molar-refractivity contribution in [2.24, 2.45) is 13.0 Å². The van der Waals surface area contributed by atoms with E-state index in [0.29, 0.717) is 12.1 Å². The molecule has 1 aliphatic rings. The number of piperidine rings is 1. The first-order chi connectivity index (χ1) is 8.49. The van der Waals surface area contributed by atoms with Gasteiger partial charge >= 0.3 is 5.69 Å². The van der Waals surface area contributed by atoms with E-state index < -0.39 is 5.69 Å². The van der Waals surface area contributed by atoms with Crippen molar-refractivity contribution in [1.82, 2.24) is 14.5 Å². The molecule has 2 rings (SSSR count). The summed E-state index contributed by atoms with van der Waals surface area (Å²) in [5.41, 5.74) is 5.51. The molecule has 3 N–H and O–H groups in total. The van der Waals surface area contributed by atoms with Crippen LogP contribution in [0.3, 0.4) is 0 Å². The van der Waals surface area contributed by atoms with Crippen molar-refractivity contribution in [3.8, 4) is 0 Å². The normalized spacial score (nSPS) is 18.1. The zero-order chi connectivity index (χ0) is 13.3. The average molecular weight is 252 g/mol. The standard InChI is InChI=1S/C12H20N4O2/c1-8-3-5-16(6-4-8)7-9-10(13)15(2)12(18)14-11(9)17/h8H,3-7,13H2,1-2H3,(H,14,17,18). The fourth-order valence-electron chi connectivity index (χ4n) is 2.28. The lowest BCUT2D eigenvalue weighted by molar-refractivity contribution is 0.184. The lowest BCUT2D eigenvalue weighted by Gasteiger charge is -2.30. The molecular weight excluding hydrogens is 232 g/mol. The molecule has 6 heteroatoms. The van der Waals surface area contributed by atoms with Gasteiger partial charge in [-0.15, -0.1) is 0 Å². The van der Waals surface area contributed by atoms with E-state index in [9.17, 15) is 9.59 Å². The lowest BCUT2D eigenvalue weighted by atomic mass is 9.99. The summed E-state index contributed by atoms with van der Waals surface area (Å²) in [7, 11) is 1.56. The maximum absolute atomic E-state index is 11.8. The molecule has 1 saturated heterocycles. The third-order valence-electron chi connectivity index (χ3n) is 3.73. The van der Waals surface area contributed by atoms with Crippen molar-refractivity contribution in [3.63, 3.8) is 0 Å². The molecule has 6 nitrogen and oxygen atoms in total. The van der Waals surface area contributed by atoms with Gasteiger partial charge in [-0.25, -0.2) is 4.79 Å². The summed E-state index contributed by atoms with van der Waals surface area (Å²) in [6.45, 7) is 4.71. The SMILES string of the molecule is CC1CCN(Cc2c(N)n(C)c(=O)[nH]c2=O)CC1. The first-order valence-corrected chi connectivity index (χ1v) is 6.29. The summed E-state index contributed by atoms with van der Waals surface area (Å²) in [4.78, 5) is 27.6. The molecule has 1 aliphatic heterocycles. The van der Waals surface area contributed by atoms with Crippen LogP contribution >= 0.6 is 0 Å². The third kappa shape index (κ3) is 2.48. The van der Waals surface area contributed by atoms with Gasteiger partial charge in [-0.05, 0) is 31.8 Å². The molecule has 0 aliphatic carbocycles. The highest BCUT2D eigenvalue weighted by molar-refractivity contribution is 5.37. The van der Waals surface area contributed by atoms with Crippen LogP contribution in [0.5, 0.6) is 0 Å². The number of aromatic amines is 1. The van der Waals surface area contributed by atoms with Gasteiger partial charge in [0.05, 0.1) is 5.56 Å². The Kier molecular flexibility index (Phi) is 3.56. The average Bonchev–Trinajstić information content (AvgIpc) is 2.34. The summed E-state index contributed by atoms with van der Waals surface area (Å²) in [5.74, 6) is 1.01. The predicted molar refractivity (Wildman–Crippen MR) is 70.4 cm³/mol. The number of anilines is 1. The number of nitrogens with one attached hydrogen (secondary N) is 1. The number of nitrogen functional groups attached to an aromatic ring is 1. The first-order valence-electron chi connectivity index (χ1n) is 6.29. The molecule has 2 heterocycles. The highest BCUT2D eigenvalue weighted by Gasteiger charge is 2.19. The van der Waals surface area contributed by atoms with Crippen molar-refractivity contribution >= 4 is 5.82 Å². The topological polar surface area (TPSA) is 84.1 Å². The van der Waals surface area contributed by atoms with Gasteiger partial charge in [-0.1, -0.05) is 6.92 Å². The van der Waals surface area contributed by atoms with Crippen LogP contribution in [0, 0.1) is 5.92 Å². The van der Waals surface area contributed by atoms with Gasteiger partial charge in [-0.2, -0.15) is 0 Å². The summed E-state index contributed by atoms with van der Waals surface area (Å²) in [6.07, 6.45) is 2.28. The molecule has 100 valence electrons. The molecule has 0 saturated carbocycles. The number of likely N-dealkylation sites (tertiary alicyclic amines) is 1. The fourth-order valence-corrected chi connectivity index (χ4v) is 2.28. The molecule has 0 radical (unpaired) electrons. The van der Waals surface area contributed by atoms with Gasteiger partial charge < -0.3 is 5.73 Å². The zero-order valence-electron chi connectivity index (χ0n) is 10.9. The largest absolute Gasteiger partial charge is 0.385 e. The van der Waals surface area contributed by atoms with Gasteiger partial charge in [0.1, 0.15) is 5.82 Å². The Morgan fingerprint density at radius 2 is 1.94 bits per heavy atom. The van der Waals surface area contributed by atoms with Crippen molar-refractivity contribution in [3.05, 3.63) is 26.4 Å². The van der Waals surface area contributed by atoms with E-state index in [4.69, 9.17) is 5.73 Å². The van der Waals surface area contributed by atoms with Crippen LogP contribution in [-0.2, 0) is 13.6 Å². The van der Waals surface area contributed by atoms with E-state index in [1.54, 1.807) is 7.05 Å². The molecule has 0 spiro atoms. The van der Waals surface area contributed by atoms with Gasteiger partial charge in [0.25, 0.3) is 5.56 Å². The number of rotatable bonds is 2. The zero-order valence-corrected chi connectivity index (χ0v) is 10.9. The maximum Gasteiger partial charge on any atom is 0.329 e. The van der Waals surface area contributed by atoms with Crippen LogP contribution in [0.1, 0.15) is 25.3 Å². The van der Waals surface area contributed by atoms with E-state index >= 15 is 0 Å². The smallest absolute Gasteiger partial charge is 0.329 e. The maximum atomic E-state index is 11.8. The van der Waals surface area contributed by atoms with Gasteiger partial charge in [0.15, 0.2) is 0 Å². The molecule has 1 aromatic rings. The molecule has 0 unspecified atom stereocenters. The Morgan fingerprint density at radius 3 is 2.56 bits per heavy atom. The minimum Gasteiger partial charge on any atom is -0.385 e. The number of hydrogen-bond acceptors (Lipinski definition) is 4. The Balaban J connectivity index is 2.22. The molecule has 0 amide bonds.